The average molecular weight is 531 g/mol. The fourth-order valence-corrected chi connectivity index (χ4v) is 4.07. The second-order valence-corrected chi connectivity index (χ2v) is 8.82. The Morgan fingerprint density at radius 3 is 2.54 bits per heavy atom. The van der Waals surface area contributed by atoms with Crippen molar-refractivity contribution in [2.45, 2.75) is 0 Å². The minimum absolute atomic E-state index is 0.0217. The molecule has 1 aromatic heterocycles. The molecule has 178 valence electrons. The molecule has 0 saturated carbocycles. The van der Waals surface area contributed by atoms with Crippen LogP contribution in [0, 0.1) is 10.6 Å². The number of rotatable bonds is 5. The number of nitrogens with one attached hydrogen (secondary N) is 2. The Hall–Kier alpha value is -3.53. The number of hydrogen-bond acceptors (Lipinski definition) is 4. The number of hydrogen-bond donors (Lipinski definition) is 2. The van der Waals surface area contributed by atoms with E-state index in [2.05, 4.69) is 10.3 Å². The van der Waals surface area contributed by atoms with E-state index in [1.54, 1.807) is 18.2 Å². The van der Waals surface area contributed by atoms with Gasteiger partial charge in [0, 0.05) is 18.3 Å². The number of carbonyl (C=O) groups excluding carboxylic acids is 2. The van der Waals surface area contributed by atoms with Gasteiger partial charge in [-0.3, -0.25) is 14.4 Å². The van der Waals surface area contributed by atoms with Crippen molar-refractivity contribution in [2.24, 2.45) is 0 Å². The van der Waals surface area contributed by atoms with Gasteiger partial charge in [-0.05, 0) is 60.7 Å². The highest BCUT2D eigenvalue weighted by molar-refractivity contribution is 7.71. The lowest BCUT2D eigenvalue weighted by Crippen LogP contribution is -2.35. The molecule has 0 unspecified atom stereocenters. The van der Waals surface area contributed by atoms with Gasteiger partial charge in [0.15, 0.2) is 4.77 Å². The fourth-order valence-electron chi connectivity index (χ4n) is 3.48. The molecule has 3 aromatic carbocycles. The van der Waals surface area contributed by atoms with E-state index in [0.29, 0.717) is 16.2 Å². The van der Waals surface area contributed by atoms with Crippen LogP contribution in [0.4, 0.5) is 10.1 Å². The van der Waals surface area contributed by atoms with Crippen LogP contribution in [-0.2, 0) is 4.79 Å². The molecule has 0 aliphatic carbocycles. The van der Waals surface area contributed by atoms with Gasteiger partial charge in [-0.1, -0.05) is 35.3 Å². The molecule has 0 atom stereocenters. The highest BCUT2D eigenvalue weighted by atomic mass is 35.5. The Labute approximate surface area is 213 Å². The highest BCUT2D eigenvalue weighted by Crippen LogP contribution is 2.25. The van der Waals surface area contributed by atoms with Crippen LogP contribution in [0.1, 0.15) is 10.4 Å². The number of amides is 2. The summed E-state index contributed by atoms with van der Waals surface area (Å²) in [6.07, 6.45) is 0. The van der Waals surface area contributed by atoms with Gasteiger partial charge in [-0.2, -0.15) is 0 Å². The molecule has 0 aliphatic rings. The Morgan fingerprint density at radius 1 is 1.09 bits per heavy atom. The summed E-state index contributed by atoms with van der Waals surface area (Å²) in [6, 6.07) is 14.8. The van der Waals surface area contributed by atoms with Gasteiger partial charge in [0.1, 0.15) is 5.82 Å². The number of nitrogens with zero attached hydrogens (tertiary/aromatic N) is 2. The summed E-state index contributed by atoms with van der Waals surface area (Å²) < 4.78 is 15.3. The van der Waals surface area contributed by atoms with Gasteiger partial charge in [0.2, 0.25) is 5.91 Å². The van der Waals surface area contributed by atoms with E-state index in [4.69, 9.17) is 35.4 Å². The molecule has 0 fully saturated rings. The van der Waals surface area contributed by atoms with Crippen LogP contribution in [0.3, 0.4) is 0 Å². The van der Waals surface area contributed by atoms with Crippen molar-refractivity contribution in [3.8, 4) is 5.69 Å². The van der Waals surface area contributed by atoms with Crippen LogP contribution < -0.4 is 10.9 Å². The molecular weight excluding hydrogens is 514 g/mol. The molecule has 1 heterocycles. The maximum absolute atomic E-state index is 14.3. The van der Waals surface area contributed by atoms with E-state index in [0.717, 1.165) is 4.57 Å². The Kier molecular flexibility index (Phi) is 7.02. The standard InChI is InChI=1S/C24H17Cl2FN4O3S/c1-30(12-21(32)28-14-7-9-16(25)17(26)11-14)22(33)13-6-8-15-19(10-13)29-24(35)31(23(15)34)20-5-3-2-4-18(20)27/h2-11H,12H2,1H3,(H,28,32)(H,29,35). The van der Waals surface area contributed by atoms with Gasteiger partial charge < -0.3 is 15.2 Å². The van der Waals surface area contributed by atoms with Crippen molar-refractivity contribution in [3.05, 3.63) is 97.2 Å². The molecular formula is C24H17Cl2FN4O3S. The Morgan fingerprint density at radius 2 is 1.83 bits per heavy atom. The van der Waals surface area contributed by atoms with Gasteiger partial charge in [-0.25, -0.2) is 8.96 Å². The molecule has 11 heteroatoms. The number of para-hydroxylation sites is 1. The fraction of sp³-hybridized carbons (Fsp3) is 0.0833. The summed E-state index contributed by atoms with van der Waals surface area (Å²) in [6.45, 7) is -0.234. The molecule has 4 rings (SSSR count). The van der Waals surface area contributed by atoms with Crippen molar-refractivity contribution < 1.29 is 14.0 Å². The molecule has 2 amide bonds. The second kappa shape index (κ2) is 9.99. The first kappa shape index (κ1) is 24.6. The second-order valence-electron chi connectivity index (χ2n) is 7.62. The third kappa shape index (κ3) is 5.12. The van der Waals surface area contributed by atoms with Crippen molar-refractivity contribution in [1.82, 2.24) is 14.5 Å². The van der Waals surface area contributed by atoms with Crippen molar-refractivity contribution in [2.75, 3.05) is 18.9 Å². The van der Waals surface area contributed by atoms with Gasteiger partial charge >= 0.3 is 0 Å². The first-order chi connectivity index (χ1) is 16.7. The zero-order valence-electron chi connectivity index (χ0n) is 18.1. The SMILES string of the molecule is CN(CC(=O)Nc1ccc(Cl)c(Cl)c1)C(=O)c1ccc2c(=O)n(-c3ccccc3F)c(=S)[nH]c2c1. The monoisotopic (exact) mass is 530 g/mol. The lowest BCUT2D eigenvalue weighted by Gasteiger charge is -2.17. The third-order valence-electron chi connectivity index (χ3n) is 5.17. The average Bonchev–Trinajstić information content (AvgIpc) is 2.81. The lowest BCUT2D eigenvalue weighted by atomic mass is 10.1. The van der Waals surface area contributed by atoms with E-state index >= 15 is 0 Å². The van der Waals surface area contributed by atoms with E-state index in [1.165, 1.54) is 54.4 Å². The van der Waals surface area contributed by atoms with E-state index in [9.17, 15) is 18.8 Å². The molecule has 0 saturated heterocycles. The number of likely N-dealkylation sites (N-methyl/N-ethyl adjacent to an activating group) is 1. The summed E-state index contributed by atoms with van der Waals surface area (Å²) in [4.78, 5) is 42.4. The summed E-state index contributed by atoms with van der Waals surface area (Å²) >= 11 is 17.1. The molecule has 0 bridgehead atoms. The molecule has 2 N–H and O–H groups in total. The predicted molar refractivity (Wildman–Crippen MR) is 137 cm³/mol. The number of halogens is 3. The minimum Gasteiger partial charge on any atom is -0.332 e. The molecule has 0 aliphatic heterocycles. The Bertz CT molecular complexity index is 1600. The molecule has 0 radical (unpaired) electrons. The van der Waals surface area contributed by atoms with E-state index in [-0.39, 0.29) is 33.0 Å². The summed E-state index contributed by atoms with van der Waals surface area (Å²) in [7, 11) is 1.47. The largest absolute Gasteiger partial charge is 0.332 e. The molecule has 0 spiro atoms. The number of aromatic nitrogens is 2. The quantitative estimate of drug-likeness (QED) is 0.347. The van der Waals surface area contributed by atoms with Crippen molar-refractivity contribution in [3.63, 3.8) is 0 Å². The van der Waals surface area contributed by atoms with Crippen LogP contribution in [0.5, 0.6) is 0 Å². The maximum atomic E-state index is 14.3. The first-order valence-corrected chi connectivity index (χ1v) is 11.4. The van der Waals surface area contributed by atoms with Gasteiger partial charge in [0.25, 0.3) is 11.5 Å². The first-order valence-electron chi connectivity index (χ1n) is 10.2. The molecule has 4 aromatic rings. The van der Waals surface area contributed by atoms with E-state index < -0.39 is 23.2 Å². The topological polar surface area (TPSA) is 87.2 Å². The molecule has 7 nitrogen and oxygen atoms in total. The zero-order valence-corrected chi connectivity index (χ0v) is 20.5. The van der Waals surface area contributed by atoms with Crippen molar-refractivity contribution in [1.29, 1.82) is 0 Å². The minimum atomic E-state index is -0.596. The number of H-pyrrole nitrogens is 1. The number of carbonyl (C=O) groups is 2. The summed E-state index contributed by atoms with van der Waals surface area (Å²) in [5.74, 6) is -1.48. The van der Waals surface area contributed by atoms with Crippen molar-refractivity contribution >= 4 is 63.8 Å². The Balaban J connectivity index is 1.57. The van der Waals surface area contributed by atoms with Crippen LogP contribution in [0.2, 0.25) is 10.0 Å². The maximum Gasteiger partial charge on any atom is 0.266 e. The smallest absolute Gasteiger partial charge is 0.266 e. The normalized spacial score (nSPS) is 10.9. The lowest BCUT2D eigenvalue weighted by molar-refractivity contribution is -0.116. The van der Waals surface area contributed by atoms with Crippen LogP contribution in [0.15, 0.2) is 65.5 Å². The zero-order chi connectivity index (χ0) is 25.3. The summed E-state index contributed by atoms with van der Waals surface area (Å²) in [5.41, 5.74) is 0.480. The van der Waals surface area contributed by atoms with Gasteiger partial charge in [-0.15, -0.1) is 0 Å². The highest BCUT2D eigenvalue weighted by Gasteiger charge is 2.18. The number of anilines is 1. The van der Waals surface area contributed by atoms with E-state index in [1.807, 2.05) is 0 Å². The molecule has 35 heavy (non-hydrogen) atoms. The van der Waals surface area contributed by atoms with Crippen LogP contribution in [0.25, 0.3) is 16.6 Å². The predicted octanol–water partition coefficient (Wildman–Crippen LogP) is 5.20. The van der Waals surface area contributed by atoms with Crippen LogP contribution in [-0.4, -0.2) is 39.9 Å². The number of aromatic amines is 1. The third-order valence-corrected chi connectivity index (χ3v) is 6.19. The summed E-state index contributed by atoms with van der Waals surface area (Å²) in [5, 5.41) is 3.51. The van der Waals surface area contributed by atoms with Crippen LogP contribution >= 0.6 is 35.4 Å². The number of benzene rings is 3. The number of fused-ring (bicyclic) bond motifs is 1. The van der Waals surface area contributed by atoms with Gasteiger partial charge in [0.05, 0.1) is 33.2 Å².